The Balaban J connectivity index is 1.32. The number of thiocarbonyl (C=S) groups is 1. The van der Waals surface area contributed by atoms with E-state index in [2.05, 4.69) is 5.32 Å². The normalized spacial score (nSPS) is 16.4. The molecule has 6 nitrogen and oxygen atoms in total. The van der Waals surface area contributed by atoms with Crippen molar-refractivity contribution in [3.63, 3.8) is 0 Å². The molecule has 1 N–H and O–H groups in total. The van der Waals surface area contributed by atoms with E-state index in [0.29, 0.717) is 40.1 Å². The second-order valence-electron chi connectivity index (χ2n) is 6.96. The number of benzene rings is 2. The minimum absolute atomic E-state index is 0.0832. The average Bonchev–Trinajstić information content (AvgIpc) is 3.29. The quantitative estimate of drug-likeness (QED) is 0.532. The molecule has 154 valence electrons. The third-order valence-corrected chi connectivity index (χ3v) is 6.07. The van der Waals surface area contributed by atoms with Crippen LogP contribution in [0.25, 0.3) is 6.08 Å². The summed E-state index contributed by atoms with van der Waals surface area (Å²) in [4.78, 5) is 27.0. The van der Waals surface area contributed by atoms with Crippen molar-refractivity contribution in [3.8, 4) is 11.5 Å². The van der Waals surface area contributed by atoms with Gasteiger partial charge in [0, 0.05) is 18.7 Å². The smallest absolute Gasteiger partial charge is 0.266 e. The highest BCUT2D eigenvalue weighted by Crippen LogP contribution is 2.36. The largest absolute Gasteiger partial charge is 0.454 e. The number of aryl methyl sites for hydroxylation is 1. The number of thioether (sulfide) groups is 1. The molecule has 2 heterocycles. The van der Waals surface area contributed by atoms with Gasteiger partial charge in [-0.3, -0.25) is 14.5 Å². The van der Waals surface area contributed by atoms with Crippen molar-refractivity contribution in [1.29, 1.82) is 0 Å². The van der Waals surface area contributed by atoms with E-state index in [-0.39, 0.29) is 18.6 Å². The van der Waals surface area contributed by atoms with E-state index in [9.17, 15) is 9.59 Å². The first kappa shape index (κ1) is 20.4. The summed E-state index contributed by atoms with van der Waals surface area (Å²) in [6.07, 6.45) is 2.64. The first-order valence-electron chi connectivity index (χ1n) is 9.51. The van der Waals surface area contributed by atoms with Crippen LogP contribution in [0.4, 0.5) is 5.69 Å². The van der Waals surface area contributed by atoms with E-state index in [0.717, 1.165) is 16.8 Å². The van der Waals surface area contributed by atoms with Crippen molar-refractivity contribution in [1.82, 2.24) is 4.90 Å². The number of anilines is 1. The van der Waals surface area contributed by atoms with Gasteiger partial charge in [-0.2, -0.15) is 0 Å². The molecule has 0 radical (unpaired) electrons. The molecule has 0 spiro atoms. The molecule has 30 heavy (non-hydrogen) atoms. The van der Waals surface area contributed by atoms with Crippen LogP contribution < -0.4 is 14.8 Å². The number of carbonyl (C=O) groups excluding carboxylic acids is 2. The van der Waals surface area contributed by atoms with Crippen LogP contribution in [-0.4, -0.2) is 34.4 Å². The van der Waals surface area contributed by atoms with Gasteiger partial charge in [0.15, 0.2) is 11.5 Å². The first-order chi connectivity index (χ1) is 14.5. The zero-order chi connectivity index (χ0) is 21.1. The summed E-state index contributed by atoms with van der Waals surface area (Å²) in [6, 6.07) is 13.2. The molecule has 1 fully saturated rings. The Kier molecular flexibility index (Phi) is 6.06. The Morgan fingerprint density at radius 2 is 1.97 bits per heavy atom. The number of nitrogens with zero attached hydrogens (tertiary/aromatic N) is 1. The predicted octanol–water partition coefficient (Wildman–Crippen LogP) is 4.34. The summed E-state index contributed by atoms with van der Waals surface area (Å²) in [5.41, 5.74) is 2.75. The maximum Gasteiger partial charge on any atom is 0.266 e. The summed E-state index contributed by atoms with van der Waals surface area (Å²) in [5.74, 6) is 1.14. The SMILES string of the molecule is Cc1ccc(NC(=O)CCCN2C(=O)/C(=C/c3ccc4c(c3)OCO4)SC2=S)cc1. The second kappa shape index (κ2) is 8.89. The summed E-state index contributed by atoms with van der Waals surface area (Å²) < 4.78 is 11.2. The number of hydrogen-bond donors (Lipinski definition) is 1. The maximum absolute atomic E-state index is 12.7. The third-order valence-electron chi connectivity index (χ3n) is 4.69. The maximum atomic E-state index is 12.7. The highest BCUT2D eigenvalue weighted by atomic mass is 32.2. The van der Waals surface area contributed by atoms with Gasteiger partial charge < -0.3 is 14.8 Å². The minimum Gasteiger partial charge on any atom is -0.454 e. The van der Waals surface area contributed by atoms with E-state index in [1.54, 1.807) is 11.0 Å². The summed E-state index contributed by atoms with van der Waals surface area (Å²) >= 11 is 6.64. The summed E-state index contributed by atoms with van der Waals surface area (Å²) in [6.45, 7) is 2.61. The Morgan fingerprint density at radius 3 is 2.77 bits per heavy atom. The fourth-order valence-corrected chi connectivity index (χ4v) is 4.41. The number of hydrogen-bond acceptors (Lipinski definition) is 6. The average molecular weight is 441 g/mol. The van der Waals surface area contributed by atoms with Crippen molar-refractivity contribution in [2.24, 2.45) is 0 Å². The van der Waals surface area contributed by atoms with Gasteiger partial charge in [0.2, 0.25) is 12.7 Å². The van der Waals surface area contributed by atoms with Gasteiger partial charge in [0.05, 0.1) is 4.91 Å². The number of amides is 2. The molecule has 4 rings (SSSR count). The summed E-state index contributed by atoms with van der Waals surface area (Å²) in [5, 5.41) is 2.86. The van der Waals surface area contributed by atoms with Gasteiger partial charge in [0.1, 0.15) is 4.32 Å². The second-order valence-corrected chi connectivity index (χ2v) is 8.64. The molecule has 0 unspecified atom stereocenters. The first-order valence-corrected chi connectivity index (χ1v) is 10.7. The van der Waals surface area contributed by atoms with Crippen LogP contribution in [0.1, 0.15) is 24.0 Å². The molecule has 8 heteroatoms. The lowest BCUT2D eigenvalue weighted by molar-refractivity contribution is -0.122. The Bertz CT molecular complexity index is 1030. The molecule has 2 aliphatic rings. The predicted molar refractivity (Wildman–Crippen MR) is 121 cm³/mol. The molecule has 0 bridgehead atoms. The van der Waals surface area contributed by atoms with E-state index in [4.69, 9.17) is 21.7 Å². The number of rotatable bonds is 6. The topological polar surface area (TPSA) is 67.9 Å². The van der Waals surface area contributed by atoms with Crippen LogP contribution in [0, 0.1) is 6.92 Å². The van der Waals surface area contributed by atoms with Crippen molar-refractivity contribution < 1.29 is 19.1 Å². The van der Waals surface area contributed by atoms with Crippen LogP contribution in [0.15, 0.2) is 47.4 Å². The monoisotopic (exact) mass is 440 g/mol. The van der Waals surface area contributed by atoms with Crippen molar-refractivity contribution in [3.05, 3.63) is 58.5 Å². The molecule has 2 aliphatic heterocycles. The number of fused-ring (bicyclic) bond motifs is 1. The molecular formula is C22H20N2O4S2. The van der Waals surface area contributed by atoms with Crippen molar-refractivity contribution in [2.45, 2.75) is 19.8 Å². The third kappa shape index (κ3) is 4.66. The fraction of sp³-hybridized carbons (Fsp3) is 0.227. The highest BCUT2D eigenvalue weighted by Gasteiger charge is 2.31. The van der Waals surface area contributed by atoms with Crippen LogP contribution in [0.3, 0.4) is 0 Å². The molecule has 2 amide bonds. The van der Waals surface area contributed by atoms with E-state index >= 15 is 0 Å². The van der Waals surface area contributed by atoms with E-state index in [1.165, 1.54) is 11.8 Å². The molecular weight excluding hydrogens is 420 g/mol. The molecule has 1 saturated heterocycles. The molecule has 0 aromatic heterocycles. The van der Waals surface area contributed by atoms with Gasteiger partial charge >= 0.3 is 0 Å². The number of nitrogens with one attached hydrogen (secondary N) is 1. The molecule has 0 atom stereocenters. The van der Waals surface area contributed by atoms with Crippen LogP contribution in [0.5, 0.6) is 11.5 Å². The molecule has 0 saturated carbocycles. The van der Waals surface area contributed by atoms with Crippen LogP contribution in [0.2, 0.25) is 0 Å². The number of ether oxygens (including phenoxy) is 2. The zero-order valence-corrected chi connectivity index (χ0v) is 18.0. The molecule has 2 aromatic rings. The Labute approximate surface area is 184 Å². The lowest BCUT2D eigenvalue weighted by Gasteiger charge is -2.14. The summed E-state index contributed by atoms with van der Waals surface area (Å²) in [7, 11) is 0. The minimum atomic E-state index is -0.137. The van der Waals surface area contributed by atoms with E-state index < -0.39 is 0 Å². The number of carbonyl (C=O) groups is 2. The van der Waals surface area contributed by atoms with Gasteiger partial charge in [0.25, 0.3) is 5.91 Å². The Morgan fingerprint density at radius 1 is 1.20 bits per heavy atom. The van der Waals surface area contributed by atoms with Gasteiger partial charge in [-0.1, -0.05) is 47.7 Å². The Hall–Kier alpha value is -2.84. The van der Waals surface area contributed by atoms with Crippen molar-refractivity contribution >= 4 is 51.9 Å². The molecule has 0 aliphatic carbocycles. The lowest BCUT2D eigenvalue weighted by atomic mass is 10.2. The van der Waals surface area contributed by atoms with Gasteiger partial charge in [-0.05, 0) is 49.2 Å². The van der Waals surface area contributed by atoms with Gasteiger partial charge in [-0.25, -0.2) is 0 Å². The van der Waals surface area contributed by atoms with Gasteiger partial charge in [-0.15, -0.1) is 0 Å². The standard InChI is InChI=1S/C22H20N2O4S2/c1-14-4-7-16(8-5-14)23-20(25)3-2-10-24-21(26)19(30-22(24)29)12-15-6-9-17-18(11-15)28-13-27-17/h4-9,11-12H,2-3,10,13H2,1H3,(H,23,25)/b19-12-. The fourth-order valence-electron chi connectivity index (χ4n) is 3.11. The zero-order valence-electron chi connectivity index (χ0n) is 16.3. The van der Waals surface area contributed by atoms with Crippen molar-refractivity contribution in [2.75, 3.05) is 18.7 Å². The lowest BCUT2D eigenvalue weighted by Crippen LogP contribution is -2.29. The van der Waals surface area contributed by atoms with Crippen LogP contribution in [-0.2, 0) is 9.59 Å². The highest BCUT2D eigenvalue weighted by molar-refractivity contribution is 8.26. The van der Waals surface area contributed by atoms with Crippen LogP contribution >= 0.6 is 24.0 Å². The molecule has 2 aromatic carbocycles. The van der Waals surface area contributed by atoms with E-state index in [1.807, 2.05) is 49.4 Å².